The number of carbonyl (C=O) groups is 3. The summed E-state index contributed by atoms with van der Waals surface area (Å²) in [5.74, 6) is -1.64. The number of aromatic nitrogens is 1. The summed E-state index contributed by atoms with van der Waals surface area (Å²) in [6.07, 6.45) is 0. The molecular formula is C24H24N2O5. The molecule has 0 saturated carbocycles. The number of anilines is 1. The predicted molar refractivity (Wildman–Crippen MR) is 118 cm³/mol. The molecule has 1 aromatic heterocycles. The number of esters is 1. The van der Waals surface area contributed by atoms with E-state index in [0.717, 1.165) is 5.56 Å². The normalized spacial score (nSPS) is 10.5. The number of ether oxygens (including phenoxy) is 2. The zero-order chi connectivity index (χ0) is 22.5. The van der Waals surface area contributed by atoms with E-state index in [4.69, 9.17) is 9.47 Å². The lowest BCUT2D eigenvalue weighted by Gasteiger charge is -2.09. The first-order valence-electron chi connectivity index (χ1n) is 9.82. The van der Waals surface area contributed by atoms with Crippen LogP contribution in [-0.4, -0.2) is 36.4 Å². The molecule has 0 spiro atoms. The van der Waals surface area contributed by atoms with Crippen LogP contribution in [0.5, 0.6) is 5.75 Å². The van der Waals surface area contributed by atoms with E-state index in [0.29, 0.717) is 28.3 Å². The monoisotopic (exact) mass is 420 g/mol. The Morgan fingerprint density at radius 1 is 1.03 bits per heavy atom. The van der Waals surface area contributed by atoms with Crippen molar-refractivity contribution < 1.29 is 23.9 Å². The highest BCUT2D eigenvalue weighted by Crippen LogP contribution is 2.32. The van der Waals surface area contributed by atoms with Gasteiger partial charge in [0, 0.05) is 23.0 Å². The van der Waals surface area contributed by atoms with Crippen LogP contribution in [0.2, 0.25) is 0 Å². The molecule has 0 atom stereocenters. The molecule has 1 heterocycles. The smallest absolute Gasteiger partial charge is 0.340 e. The molecule has 0 fully saturated rings. The molecule has 3 aromatic rings. The molecule has 0 aliphatic heterocycles. The van der Waals surface area contributed by atoms with Crippen LogP contribution in [0.15, 0.2) is 48.5 Å². The average Bonchev–Trinajstić information content (AvgIpc) is 3.11. The highest BCUT2D eigenvalue weighted by molar-refractivity contribution is 6.47. The summed E-state index contributed by atoms with van der Waals surface area (Å²) in [6, 6.07) is 14.0. The summed E-state index contributed by atoms with van der Waals surface area (Å²) in [7, 11) is 1.51. The van der Waals surface area contributed by atoms with E-state index < -0.39 is 17.7 Å². The number of ketones is 1. The summed E-state index contributed by atoms with van der Waals surface area (Å²) in [4.78, 5) is 41.4. The molecule has 0 aliphatic carbocycles. The number of benzene rings is 2. The minimum atomic E-state index is -0.835. The number of Topliss-reactive ketones (excluding diaryl/α,β-unsaturated/α-hetero) is 1. The molecular weight excluding hydrogens is 396 g/mol. The Morgan fingerprint density at radius 2 is 1.74 bits per heavy atom. The first-order chi connectivity index (χ1) is 14.8. The maximum atomic E-state index is 13.1. The highest BCUT2D eigenvalue weighted by Gasteiger charge is 2.29. The summed E-state index contributed by atoms with van der Waals surface area (Å²) in [5, 5.41) is 2.58. The Hall–Kier alpha value is -3.87. The Bertz CT molecular complexity index is 1130. The van der Waals surface area contributed by atoms with Crippen LogP contribution in [-0.2, 0) is 9.53 Å². The van der Waals surface area contributed by atoms with E-state index in [1.807, 2.05) is 19.1 Å². The Balaban J connectivity index is 2.03. The molecule has 0 radical (unpaired) electrons. The van der Waals surface area contributed by atoms with Crippen LogP contribution in [0.1, 0.15) is 39.0 Å². The fourth-order valence-electron chi connectivity index (χ4n) is 3.26. The number of hydrogen-bond donors (Lipinski definition) is 2. The van der Waals surface area contributed by atoms with Gasteiger partial charge in [-0.2, -0.15) is 0 Å². The van der Waals surface area contributed by atoms with Crippen LogP contribution in [0.3, 0.4) is 0 Å². The lowest BCUT2D eigenvalue weighted by Crippen LogP contribution is -2.24. The first kappa shape index (κ1) is 21.8. The first-order valence-corrected chi connectivity index (χ1v) is 9.82. The Labute approximate surface area is 180 Å². The zero-order valence-corrected chi connectivity index (χ0v) is 17.9. The van der Waals surface area contributed by atoms with E-state index in [-0.39, 0.29) is 17.9 Å². The lowest BCUT2D eigenvalue weighted by molar-refractivity contribution is -0.112. The molecule has 3 rings (SSSR count). The number of aromatic amines is 1. The van der Waals surface area contributed by atoms with E-state index >= 15 is 0 Å². The third-order valence-electron chi connectivity index (χ3n) is 4.77. The van der Waals surface area contributed by atoms with E-state index in [1.165, 1.54) is 7.11 Å². The SMILES string of the molecule is CCOC(=O)c1c(C)[nH]c(C(=O)C(=O)Nc2cccc(OC)c2)c1-c1ccc(C)cc1. The van der Waals surface area contributed by atoms with Crippen LogP contribution in [0.4, 0.5) is 5.69 Å². The molecule has 0 aliphatic rings. The van der Waals surface area contributed by atoms with Crippen molar-refractivity contribution in [1.29, 1.82) is 0 Å². The number of amides is 1. The predicted octanol–water partition coefficient (Wildman–Crippen LogP) is 4.31. The van der Waals surface area contributed by atoms with Crippen LogP contribution >= 0.6 is 0 Å². The molecule has 2 N–H and O–H groups in total. The van der Waals surface area contributed by atoms with Crippen molar-refractivity contribution in [3.8, 4) is 16.9 Å². The Morgan fingerprint density at radius 3 is 2.39 bits per heavy atom. The summed E-state index contributed by atoms with van der Waals surface area (Å²) in [6.45, 7) is 5.50. The molecule has 31 heavy (non-hydrogen) atoms. The summed E-state index contributed by atoms with van der Waals surface area (Å²) in [5.41, 5.74) is 3.15. The molecule has 1 amide bonds. The molecule has 7 nitrogen and oxygen atoms in total. The molecule has 0 unspecified atom stereocenters. The van der Waals surface area contributed by atoms with Gasteiger partial charge in [-0.3, -0.25) is 9.59 Å². The number of aryl methyl sites for hydroxylation is 2. The maximum absolute atomic E-state index is 13.1. The fourth-order valence-corrected chi connectivity index (χ4v) is 3.26. The number of carbonyl (C=O) groups excluding carboxylic acids is 3. The lowest BCUT2D eigenvalue weighted by atomic mass is 9.97. The van der Waals surface area contributed by atoms with Crippen molar-refractivity contribution in [3.63, 3.8) is 0 Å². The van der Waals surface area contributed by atoms with Gasteiger partial charge < -0.3 is 19.8 Å². The van der Waals surface area contributed by atoms with Crippen molar-refractivity contribution >= 4 is 23.3 Å². The number of methoxy groups -OCH3 is 1. The topological polar surface area (TPSA) is 97.5 Å². The third kappa shape index (κ3) is 4.66. The van der Waals surface area contributed by atoms with Crippen molar-refractivity contribution in [2.75, 3.05) is 19.0 Å². The van der Waals surface area contributed by atoms with Crippen molar-refractivity contribution in [2.24, 2.45) is 0 Å². The van der Waals surface area contributed by atoms with Gasteiger partial charge in [-0.05, 0) is 38.5 Å². The zero-order valence-electron chi connectivity index (χ0n) is 17.9. The van der Waals surface area contributed by atoms with Gasteiger partial charge in [0.25, 0.3) is 11.7 Å². The second-order valence-electron chi connectivity index (χ2n) is 6.98. The minimum absolute atomic E-state index is 0.0322. The number of rotatable bonds is 7. The van der Waals surface area contributed by atoms with Crippen LogP contribution < -0.4 is 10.1 Å². The van der Waals surface area contributed by atoms with Crippen molar-refractivity contribution in [2.45, 2.75) is 20.8 Å². The van der Waals surface area contributed by atoms with E-state index in [2.05, 4.69) is 10.3 Å². The van der Waals surface area contributed by atoms with Gasteiger partial charge in [0.15, 0.2) is 0 Å². The average molecular weight is 420 g/mol. The van der Waals surface area contributed by atoms with Gasteiger partial charge in [-0.15, -0.1) is 0 Å². The summed E-state index contributed by atoms with van der Waals surface area (Å²) < 4.78 is 10.3. The number of H-pyrrole nitrogens is 1. The summed E-state index contributed by atoms with van der Waals surface area (Å²) >= 11 is 0. The van der Waals surface area contributed by atoms with Crippen LogP contribution in [0, 0.1) is 13.8 Å². The van der Waals surface area contributed by atoms with Crippen LogP contribution in [0.25, 0.3) is 11.1 Å². The largest absolute Gasteiger partial charge is 0.497 e. The number of hydrogen-bond acceptors (Lipinski definition) is 5. The second-order valence-corrected chi connectivity index (χ2v) is 6.98. The van der Waals surface area contributed by atoms with Gasteiger partial charge in [0.1, 0.15) is 11.4 Å². The minimum Gasteiger partial charge on any atom is -0.497 e. The van der Waals surface area contributed by atoms with Crippen molar-refractivity contribution in [1.82, 2.24) is 4.98 Å². The van der Waals surface area contributed by atoms with Crippen molar-refractivity contribution in [3.05, 3.63) is 71.0 Å². The maximum Gasteiger partial charge on any atom is 0.340 e. The number of nitrogens with one attached hydrogen (secondary N) is 2. The second kappa shape index (κ2) is 9.30. The van der Waals surface area contributed by atoms with Gasteiger partial charge in [0.05, 0.1) is 19.3 Å². The van der Waals surface area contributed by atoms with Gasteiger partial charge in [-0.1, -0.05) is 35.9 Å². The molecule has 0 bridgehead atoms. The van der Waals surface area contributed by atoms with Gasteiger partial charge >= 0.3 is 5.97 Å². The molecule has 0 saturated heterocycles. The van der Waals surface area contributed by atoms with Gasteiger partial charge in [0.2, 0.25) is 0 Å². The van der Waals surface area contributed by atoms with E-state index in [1.54, 1.807) is 50.2 Å². The van der Waals surface area contributed by atoms with E-state index in [9.17, 15) is 14.4 Å². The molecule has 2 aromatic carbocycles. The quantitative estimate of drug-likeness (QED) is 0.337. The van der Waals surface area contributed by atoms with Gasteiger partial charge in [-0.25, -0.2) is 4.79 Å². The standard InChI is InChI=1S/C24H24N2O5/c1-5-31-24(29)19-15(3)25-21(20(19)16-11-9-14(2)10-12-16)22(27)23(28)26-17-7-6-8-18(13-17)30-4/h6-13,25H,5H2,1-4H3,(H,26,28). The molecule has 7 heteroatoms. The molecule has 160 valence electrons. The third-order valence-corrected chi connectivity index (χ3v) is 4.77. The Kier molecular flexibility index (Phi) is 6.55. The fraction of sp³-hybridized carbons (Fsp3) is 0.208. The highest BCUT2D eigenvalue weighted by atomic mass is 16.5.